The standard InChI is InChI=1S/C14H28N2/c1-4-16(11(2)3)10-9-15-14(12-5-6-12)13-7-8-13/h11-15H,4-10H2,1-3H3. The van der Waals surface area contributed by atoms with Crippen molar-refractivity contribution in [2.24, 2.45) is 11.8 Å². The Balaban J connectivity index is 1.65. The first-order chi connectivity index (χ1) is 7.72. The highest BCUT2D eigenvalue weighted by atomic mass is 15.2. The molecular weight excluding hydrogens is 196 g/mol. The van der Waals surface area contributed by atoms with E-state index in [0.717, 1.165) is 17.9 Å². The molecule has 0 aromatic heterocycles. The topological polar surface area (TPSA) is 15.3 Å². The lowest BCUT2D eigenvalue weighted by molar-refractivity contribution is 0.227. The van der Waals surface area contributed by atoms with E-state index in [1.807, 2.05) is 0 Å². The highest BCUT2D eigenvalue weighted by Gasteiger charge is 2.40. The summed E-state index contributed by atoms with van der Waals surface area (Å²) in [5.41, 5.74) is 0. The van der Waals surface area contributed by atoms with Gasteiger partial charge in [0.05, 0.1) is 0 Å². The van der Waals surface area contributed by atoms with Gasteiger partial charge in [-0.2, -0.15) is 0 Å². The van der Waals surface area contributed by atoms with E-state index in [0.29, 0.717) is 6.04 Å². The van der Waals surface area contributed by atoms with Crippen molar-refractivity contribution in [2.45, 2.75) is 58.5 Å². The van der Waals surface area contributed by atoms with Gasteiger partial charge in [-0.15, -0.1) is 0 Å². The minimum Gasteiger partial charge on any atom is -0.312 e. The van der Waals surface area contributed by atoms with E-state index in [-0.39, 0.29) is 0 Å². The van der Waals surface area contributed by atoms with E-state index in [9.17, 15) is 0 Å². The van der Waals surface area contributed by atoms with Crippen LogP contribution in [0.1, 0.15) is 46.5 Å². The van der Waals surface area contributed by atoms with E-state index < -0.39 is 0 Å². The zero-order chi connectivity index (χ0) is 11.5. The molecule has 94 valence electrons. The molecule has 0 atom stereocenters. The van der Waals surface area contributed by atoms with Gasteiger partial charge in [0.15, 0.2) is 0 Å². The summed E-state index contributed by atoms with van der Waals surface area (Å²) in [4.78, 5) is 2.55. The minimum atomic E-state index is 0.687. The zero-order valence-corrected chi connectivity index (χ0v) is 11.2. The Morgan fingerprint density at radius 2 is 1.69 bits per heavy atom. The van der Waals surface area contributed by atoms with Gasteiger partial charge >= 0.3 is 0 Å². The highest BCUT2D eigenvalue weighted by molar-refractivity contribution is 4.96. The molecule has 0 aliphatic heterocycles. The second-order valence-electron chi connectivity index (χ2n) is 5.88. The van der Waals surface area contributed by atoms with Crippen LogP contribution in [0.3, 0.4) is 0 Å². The van der Waals surface area contributed by atoms with Gasteiger partial charge in [0, 0.05) is 25.2 Å². The third-order valence-corrected chi connectivity index (χ3v) is 4.18. The maximum atomic E-state index is 3.82. The third kappa shape index (κ3) is 3.46. The average molecular weight is 224 g/mol. The van der Waals surface area contributed by atoms with E-state index >= 15 is 0 Å². The summed E-state index contributed by atoms with van der Waals surface area (Å²) < 4.78 is 0. The van der Waals surface area contributed by atoms with E-state index in [1.165, 1.54) is 45.3 Å². The molecule has 2 heteroatoms. The normalized spacial score (nSPS) is 21.4. The molecule has 0 aromatic rings. The molecule has 0 unspecified atom stereocenters. The molecule has 1 N–H and O–H groups in total. The maximum Gasteiger partial charge on any atom is 0.0124 e. The van der Waals surface area contributed by atoms with Crippen molar-refractivity contribution < 1.29 is 0 Å². The smallest absolute Gasteiger partial charge is 0.0124 e. The van der Waals surface area contributed by atoms with Crippen LogP contribution < -0.4 is 5.32 Å². The molecular formula is C14H28N2. The molecule has 0 radical (unpaired) electrons. The largest absolute Gasteiger partial charge is 0.312 e. The fourth-order valence-corrected chi connectivity index (χ4v) is 2.79. The van der Waals surface area contributed by atoms with Crippen LogP contribution >= 0.6 is 0 Å². The summed E-state index contributed by atoms with van der Waals surface area (Å²) in [6, 6.07) is 1.55. The van der Waals surface area contributed by atoms with Crippen LogP contribution in [0.15, 0.2) is 0 Å². The van der Waals surface area contributed by atoms with Crippen LogP contribution in [-0.4, -0.2) is 36.6 Å². The molecule has 2 rings (SSSR count). The van der Waals surface area contributed by atoms with Crippen LogP contribution in [-0.2, 0) is 0 Å². The van der Waals surface area contributed by atoms with Crippen molar-refractivity contribution in [1.29, 1.82) is 0 Å². The summed E-state index contributed by atoms with van der Waals surface area (Å²) in [5, 5.41) is 3.82. The summed E-state index contributed by atoms with van der Waals surface area (Å²) in [6.07, 6.45) is 5.93. The van der Waals surface area contributed by atoms with Gasteiger partial charge in [-0.05, 0) is 57.9 Å². The maximum absolute atomic E-state index is 3.82. The molecule has 2 nitrogen and oxygen atoms in total. The van der Waals surface area contributed by atoms with Crippen LogP contribution in [0.4, 0.5) is 0 Å². The van der Waals surface area contributed by atoms with Crippen molar-refractivity contribution in [1.82, 2.24) is 10.2 Å². The number of likely N-dealkylation sites (N-methyl/N-ethyl adjacent to an activating group) is 1. The molecule has 0 saturated heterocycles. The predicted molar refractivity (Wildman–Crippen MR) is 69.6 cm³/mol. The van der Waals surface area contributed by atoms with E-state index in [2.05, 4.69) is 31.0 Å². The lowest BCUT2D eigenvalue weighted by Crippen LogP contribution is -2.41. The van der Waals surface area contributed by atoms with E-state index in [4.69, 9.17) is 0 Å². The zero-order valence-electron chi connectivity index (χ0n) is 11.2. The quantitative estimate of drug-likeness (QED) is 0.681. The molecule has 0 amide bonds. The van der Waals surface area contributed by atoms with Gasteiger partial charge in [-0.3, -0.25) is 4.90 Å². The van der Waals surface area contributed by atoms with Crippen molar-refractivity contribution in [3.05, 3.63) is 0 Å². The Bertz CT molecular complexity index is 195. The van der Waals surface area contributed by atoms with Gasteiger partial charge in [0.1, 0.15) is 0 Å². The molecule has 16 heavy (non-hydrogen) atoms. The third-order valence-electron chi connectivity index (χ3n) is 4.18. The molecule has 0 heterocycles. The van der Waals surface area contributed by atoms with Crippen LogP contribution in [0.2, 0.25) is 0 Å². The summed E-state index contributed by atoms with van der Waals surface area (Å²) in [5.74, 6) is 2.06. The van der Waals surface area contributed by atoms with Crippen molar-refractivity contribution in [3.8, 4) is 0 Å². The van der Waals surface area contributed by atoms with Crippen LogP contribution in [0.5, 0.6) is 0 Å². The van der Waals surface area contributed by atoms with Gasteiger partial charge in [0.2, 0.25) is 0 Å². The predicted octanol–water partition coefficient (Wildman–Crippen LogP) is 2.49. The highest BCUT2D eigenvalue weighted by Crippen LogP contribution is 2.44. The van der Waals surface area contributed by atoms with Crippen LogP contribution in [0, 0.1) is 11.8 Å². The molecule has 2 saturated carbocycles. The summed E-state index contributed by atoms with van der Waals surface area (Å²) in [7, 11) is 0. The fraction of sp³-hybridized carbons (Fsp3) is 1.00. The summed E-state index contributed by atoms with van der Waals surface area (Å²) >= 11 is 0. The lowest BCUT2D eigenvalue weighted by atomic mass is 10.1. The Morgan fingerprint density at radius 1 is 1.12 bits per heavy atom. The Hall–Kier alpha value is -0.0800. The Morgan fingerprint density at radius 3 is 2.06 bits per heavy atom. The Labute approximate surface area is 101 Å². The Kier molecular flexibility index (Phi) is 4.26. The number of hydrogen-bond acceptors (Lipinski definition) is 2. The summed E-state index contributed by atoms with van der Waals surface area (Å²) in [6.45, 7) is 10.4. The number of nitrogens with zero attached hydrogens (tertiary/aromatic N) is 1. The number of nitrogens with one attached hydrogen (secondary N) is 1. The van der Waals surface area contributed by atoms with Crippen molar-refractivity contribution in [3.63, 3.8) is 0 Å². The SMILES string of the molecule is CCN(CCNC(C1CC1)C1CC1)C(C)C. The van der Waals surface area contributed by atoms with Gasteiger partial charge in [-0.1, -0.05) is 6.92 Å². The first kappa shape index (κ1) is 12.4. The molecule has 2 fully saturated rings. The number of hydrogen-bond donors (Lipinski definition) is 1. The molecule has 0 spiro atoms. The van der Waals surface area contributed by atoms with Gasteiger partial charge < -0.3 is 5.32 Å². The lowest BCUT2D eigenvalue weighted by Gasteiger charge is -2.26. The van der Waals surface area contributed by atoms with E-state index in [1.54, 1.807) is 0 Å². The van der Waals surface area contributed by atoms with Crippen molar-refractivity contribution in [2.75, 3.05) is 19.6 Å². The fourth-order valence-electron chi connectivity index (χ4n) is 2.79. The molecule has 2 aliphatic carbocycles. The van der Waals surface area contributed by atoms with Gasteiger partial charge in [0.25, 0.3) is 0 Å². The van der Waals surface area contributed by atoms with Crippen LogP contribution in [0.25, 0.3) is 0 Å². The first-order valence-electron chi connectivity index (χ1n) is 7.19. The molecule has 2 aliphatic rings. The second-order valence-corrected chi connectivity index (χ2v) is 5.88. The monoisotopic (exact) mass is 224 g/mol. The second kappa shape index (κ2) is 5.50. The molecule has 0 aromatic carbocycles. The van der Waals surface area contributed by atoms with Gasteiger partial charge in [-0.25, -0.2) is 0 Å². The first-order valence-corrected chi connectivity index (χ1v) is 7.19. The average Bonchev–Trinajstić information content (AvgIpc) is 3.11. The molecule has 0 bridgehead atoms. The number of rotatable bonds is 8. The minimum absolute atomic E-state index is 0.687. The van der Waals surface area contributed by atoms with Crippen molar-refractivity contribution >= 4 is 0 Å².